The summed E-state index contributed by atoms with van der Waals surface area (Å²) >= 11 is 0. The molecule has 1 unspecified atom stereocenters. The minimum atomic E-state index is -0.258. The first-order chi connectivity index (χ1) is 8.70. The summed E-state index contributed by atoms with van der Waals surface area (Å²) in [5, 5.41) is 2.74. The highest BCUT2D eigenvalue weighted by Gasteiger charge is 2.33. The van der Waals surface area contributed by atoms with Crippen molar-refractivity contribution in [3.05, 3.63) is 24.4 Å². The number of likely N-dealkylation sites (tertiary alicyclic amines) is 1. The van der Waals surface area contributed by atoms with Crippen LogP contribution in [0.25, 0.3) is 0 Å². The number of carbonyl (C=O) groups is 2. The van der Waals surface area contributed by atoms with Crippen molar-refractivity contribution in [3.63, 3.8) is 0 Å². The lowest BCUT2D eigenvalue weighted by atomic mass is 10.1. The predicted molar refractivity (Wildman–Crippen MR) is 67.8 cm³/mol. The van der Waals surface area contributed by atoms with Crippen LogP contribution in [0.15, 0.2) is 24.4 Å². The van der Waals surface area contributed by atoms with Gasteiger partial charge in [0.15, 0.2) is 0 Å². The SMILES string of the molecule is CCCN1CC(C(=O)Nc2ccccn2)CC1=O. The van der Waals surface area contributed by atoms with E-state index in [1.165, 1.54) is 0 Å². The number of rotatable bonds is 4. The molecule has 2 rings (SSSR count). The fraction of sp³-hybridized carbons (Fsp3) is 0.462. The van der Waals surface area contributed by atoms with Gasteiger partial charge >= 0.3 is 0 Å². The summed E-state index contributed by atoms with van der Waals surface area (Å²) in [5.74, 6) is 0.216. The highest BCUT2D eigenvalue weighted by Crippen LogP contribution is 2.19. The normalized spacial score (nSPS) is 19.1. The van der Waals surface area contributed by atoms with E-state index in [1.54, 1.807) is 23.2 Å². The first-order valence-electron chi connectivity index (χ1n) is 6.20. The Labute approximate surface area is 106 Å². The number of pyridine rings is 1. The van der Waals surface area contributed by atoms with Crippen LogP contribution in [0.5, 0.6) is 0 Å². The molecule has 5 nitrogen and oxygen atoms in total. The summed E-state index contributed by atoms with van der Waals surface area (Å²) in [4.78, 5) is 29.4. The van der Waals surface area contributed by atoms with Crippen molar-refractivity contribution in [3.8, 4) is 0 Å². The van der Waals surface area contributed by atoms with E-state index >= 15 is 0 Å². The predicted octanol–water partition coefficient (Wildman–Crippen LogP) is 1.28. The van der Waals surface area contributed by atoms with Crippen molar-refractivity contribution in [2.75, 3.05) is 18.4 Å². The maximum atomic E-state index is 12.0. The maximum absolute atomic E-state index is 12.0. The quantitative estimate of drug-likeness (QED) is 0.871. The summed E-state index contributed by atoms with van der Waals surface area (Å²) < 4.78 is 0. The lowest BCUT2D eigenvalue weighted by Gasteiger charge is -2.14. The largest absolute Gasteiger partial charge is 0.342 e. The van der Waals surface area contributed by atoms with E-state index in [0.717, 1.165) is 13.0 Å². The molecule has 0 spiro atoms. The smallest absolute Gasteiger partial charge is 0.230 e. The number of hydrogen-bond acceptors (Lipinski definition) is 3. The molecular weight excluding hydrogens is 230 g/mol. The Morgan fingerprint density at radius 2 is 2.39 bits per heavy atom. The molecule has 1 aromatic rings. The molecule has 1 N–H and O–H groups in total. The van der Waals surface area contributed by atoms with Crippen molar-refractivity contribution in [1.82, 2.24) is 9.88 Å². The topological polar surface area (TPSA) is 62.3 Å². The molecule has 2 amide bonds. The third-order valence-corrected chi connectivity index (χ3v) is 2.99. The van der Waals surface area contributed by atoms with E-state index < -0.39 is 0 Å². The molecule has 0 aliphatic carbocycles. The first kappa shape index (κ1) is 12.5. The van der Waals surface area contributed by atoms with Gasteiger partial charge in [-0.2, -0.15) is 0 Å². The summed E-state index contributed by atoms with van der Waals surface area (Å²) in [6, 6.07) is 5.34. The Morgan fingerprint density at radius 3 is 3.06 bits per heavy atom. The van der Waals surface area contributed by atoms with Crippen molar-refractivity contribution in [1.29, 1.82) is 0 Å². The molecule has 0 bridgehead atoms. The summed E-state index contributed by atoms with van der Waals surface area (Å²) in [6.45, 7) is 3.27. The van der Waals surface area contributed by atoms with E-state index in [2.05, 4.69) is 10.3 Å². The maximum Gasteiger partial charge on any atom is 0.230 e. The van der Waals surface area contributed by atoms with E-state index in [-0.39, 0.29) is 17.7 Å². The van der Waals surface area contributed by atoms with Gasteiger partial charge in [-0.05, 0) is 18.6 Å². The Kier molecular flexibility index (Phi) is 3.92. The monoisotopic (exact) mass is 247 g/mol. The number of anilines is 1. The fourth-order valence-corrected chi connectivity index (χ4v) is 2.10. The van der Waals surface area contributed by atoms with Gasteiger partial charge in [-0.3, -0.25) is 9.59 Å². The van der Waals surface area contributed by atoms with Crippen LogP contribution in [0, 0.1) is 5.92 Å². The van der Waals surface area contributed by atoms with Gasteiger partial charge in [0.25, 0.3) is 0 Å². The summed E-state index contributed by atoms with van der Waals surface area (Å²) in [5.41, 5.74) is 0. The van der Waals surface area contributed by atoms with Crippen molar-refractivity contribution in [2.45, 2.75) is 19.8 Å². The molecule has 1 saturated heterocycles. The van der Waals surface area contributed by atoms with E-state index in [0.29, 0.717) is 18.8 Å². The zero-order chi connectivity index (χ0) is 13.0. The zero-order valence-corrected chi connectivity index (χ0v) is 10.4. The number of aromatic nitrogens is 1. The van der Waals surface area contributed by atoms with Crippen molar-refractivity contribution in [2.24, 2.45) is 5.92 Å². The number of amides is 2. The second-order valence-corrected chi connectivity index (χ2v) is 4.45. The van der Waals surface area contributed by atoms with E-state index in [9.17, 15) is 9.59 Å². The highest BCUT2D eigenvalue weighted by atomic mass is 16.2. The first-order valence-corrected chi connectivity index (χ1v) is 6.20. The summed E-state index contributed by atoms with van der Waals surface area (Å²) in [7, 11) is 0. The zero-order valence-electron chi connectivity index (χ0n) is 10.4. The third kappa shape index (κ3) is 2.85. The average molecular weight is 247 g/mol. The molecular formula is C13H17N3O2. The molecule has 0 radical (unpaired) electrons. The van der Waals surface area contributed by atoms with Crippen LogP contribution in [-0.2, 0) is 9.59 Å². The molecule has 1 aromatic heterocycles. The number of nitrogens with one attached hydrogen (secondary N) is 1. The van der Waals surface area contributed by atoms with Gasteiger partial charge in [-0.1, -0.05) is 13.0 Å². The van der Waals surface area contributed by atoms with E-state index in [4.69, 9.17) is 0 Å². The lowest BCUT2D eigenvalue weighted by molar-refractivity contribution is -0.128. The van der Waals surface area contributed by atoms with Crippen LogP contribution >= 0.6 is 0 Å². The lowest BCUT2D eigenvalue weighted by Crippen LogP contribution is -2.29. The Bertz CT molecular complexity index is 433. The fourth-order valence-electron chi connectivity index (χ4n) is 2.10. The Balaban J connectivity index is 1.93. The molecule has 18 heavy (non-hydrogen) atoms. The van der Waals surface area contributed by atoms with Crippen LogP contribution in [0.3, 0.4) is 0 Å². The van der Waals surface area contributed by atoms with Crippen molar-refractivity contribution < 1.29 is 9.59 Å². The molecule has 1 aliphatic heterocycles. The Hall–Kier alpha value is -1.91. The molecule has 1 fully saturated rings. The Morgan fingerprint density at radius 1 is 1.56 bits per heavy atom. The molecule has 1 atom stereocenters. The standard InChI is InChI=1S/C13H17N3O2/c1-2-7-16-9-10(8-12(16)17)13(18)15-11-5-3-4-6-14-11/h3-6,10H,2,7-9H2,1H3,(H,14,15,18). The van der Waals surface area contributed by atoms with Crippen LogP contribution in [0.4, 0.5) is 5.82 Å². The number of hydrogen-bond donors (Lipinski definition) is 1. The van der Waals surface area contributed by atoms with Gasteiger partial charge in [-0.25, -0.2) is 4.98 Å². The molecule has 1 aliphatic rings. The third-order valence-electron chi connectivity index (χ3n) is 2.99. The van der Waals surface area contributed by atoms with Crippen molar-refractivity contribution >= 4 is 17.6 Å². The van der Waals surface area contributed by atoms with Crippen LogP contribution in [0.2, 0.25) is 0 Å². The highest BCUT2D eigenvalue weighted by molar-refractivity contribution is 5.96. The van der Waals surface area contributed by atoms with Crippen LogP contribution in [0.1, 0.15) is 19.8 Å². The molecule has 0 aromatic carbocycles. The number of nitrogens with zero attached hydrogens (tertiary/aromatic N) is 2. The average Bonchev–Trinajstić information content (AvgIpc) is 2.73. The second kappa shape index (κ2) is 5.62. The molecule has 2 heterocycles. The van der Waals surface area contributed by atoms with Gasteiger partial charge in [0.05, 0.1) is 5.92 Å². The van der Waals surface area contributed by atoms with Gasteiger partial charge in [-0.15, -0.1) is 0 Å². The molecule has 96 valence electrons. The molecule has 5 heteroatoms. The minimum absolute atomic E-state index is 0.0676. The van der Waals surface area contributed by atoms with Crippen LogP contribution in [-0.4, -0.2) is 34.8 Å². The summed E-state index contributed by atoms with van der Waals surface area (Å²) in [6.07, 6.45) is 2.85. The van der Waals surface area contributed by atoms with Gasteiger partial charge in [0.1, 0.15) is 5.82 Å². The second-order valence-electron chi connectivity index (χ2n) is 4.45. The van der Waals surface area contributed by atoms with Gasteiger partial charge in [0, 0.05) is 25.7 Å². The number of carbonyl (C=O) groups excluding carboxylic acids is 2. The van der Waals surface area contributed by atoms with Crippen LogP contribution < -0.4 is 5.32 Å². The van der Waals surface area contributed by atoms with Gasteiger partial charge < -0.3 is 10.2 Å². The van der Waals surface area contributed by atoms with E-state index in [1.807, 2.05) is 13.0 Å². The van der Waals surface area contributed by atoms with Gasteiger partial charge in [0.2, 0.25) is 11.8 Å². The molecule has 0 saturated carbocycles. The minimum Gasteiger partial charge on any atom is -0.342 e.